The fraction of sp³-hybridized carbons (Fsp3) is 0.190. The summed E-state index contributed by atoms with van der Waals surface area (Å²) < 4.78 is 31.5. The number of Topliss-reactive ketones (excluding diaryl/α,β-unsaturated/α-hetero) is 1. The first-order chi connectivity index (χ1) is 14.8. The van der Waals surface area contributed by atoms with Crippen molar-refractivity contribution < 1.29 is 22.7 Å². The van der Waals surface area contributed by atoms with Gasteiger partial charge in [-0.1, -0.05) is 42.1 Å². The molecule has 2 aromatic carbocycles. The lowest BCUT2D eigenvalue weighted by molar-refractivity contribution is -0.146. The Morgan fingerprint density at radius 1 is 1.13 bits per heavy atom. The zero-order valence-electron chi connectivity index (χ0n) is 16.6. The number of ketones is 1. The van der Waals surface area contributed by atoms with Crippen molar-refractivity contribution in [2.24, 2.45) is 0 Å². The van der Waals surface area contributed by atoms with Crippen LogP contribution >= 0.6 is 11.8 Å². The standard InChI is InChI=1S/C21H19N3O5S2/c1-24-17-9-5-6-10-19(17)30-21(24)16(13-22)18(25)14-29-20(26)11-12-23-31(27,28)15-7-3-2-4-8-15/h2-10,23H,11-12,14H2,1H3. The van der Waals surface area contributed by atoms with E-state index in [-0.39, 0.29) is 23.4 Å². The Hall–Kier alpha value is -3.13. The lowest BCUT2D eigenvalue weighted by Gasteiger charge is -2.14. The summed E-state index contributed by atoms with van der Waals surface area (Å²) in [6, 6.07) is 17.1. The van der Waals surface area contributed by atoms with Crippen molar-refractivity contribution in [2.75, 3.05) is 25.1 Å². The van der Waals surface area contributed by atoms with E-state index >= 15 is 0 Å². The van der Waals surface area contributed by atoms with Crippen LogP contribution in [0.1, 0.15) is 6.42 Å². The van der Waals surface area contributed by atoms with Crippen LogP contribution in [-0.4, -0.2) is 40.4 Å². The number of carbonyl (C=O) groups excluding carboxylic acids is 2. The molecule has 0 radical (unpaired) electrons. The number of ether oxygens (including phenoxy) is 1. The third kappa shape index (κ3) is 5.32. The largest absolute Gasteiger partial charge is 0.457 e. The van der Waals surface area contributed by atoms with Crippen molar-refractivity contribution in [1.29, 1.82) is 5.26 Å². The van der Waals surface area contributed by atoms with E-state index in [1.165, 1.54) is 23.9 Å². The molecule has 1 aliphatic rings. The molecule has 8 nitrogen and oxygen atoms in total. The molecule has 0 amide bonds. The van der Waals surface area contributed by atoms with Crippen molar-refractivity contribution in [2.45, 2.75) is 16.2 Å². The van der Waals surface area contributed by atoms with Crippen LogP contribution in [0.3, 0.4) is 0 Å². The molecular weight excluding hydrogens is 438 g/mol. The minimum atomic E-state index is -3.73. The van der Waals surface area contributed by atoms with Crippen LogP contribution in [0.2, 0.25) is 0 Å². The summed E-state index contributed by atoms with van der Waals surface area (Å²) in [5, 5.41) is 9.94. The topological polar surface area (TPSA) is 117 Å². The van der Waals surface area contributed by atoms with E-state index in [0.717, 1.165) is 10.6 Å². The quantitative estimate of drug-likeness (QED) is 0.365. The minimum absolute atomic E-state index is 0.0861. The summed E-state index contributed by atoms with van der Waals surface area (Å²) in [7, 11) is -1.98. The average Bonchev–Trinajstić information content (AvgIpc) is 3.10. The van der Waals surface area contributed by atoms with E-state index in [2.05, 4.69) is 4.72 Å². The summed E-state index contributed by atoms with van der Waals surface area (Å²) in [6.45, 7) is -0.772. The Balaban J connectivity index is 1.53. The Bertz CT molecular complexity index is 1170. The Morgan fingerprint density at radius 2 is 1.81 bits per heavy atom. The van der Waals surface area contributed by atoms with Gasteiger partial charge < -0.3 is 9.64 Å². The molecule has 160 valence electrons. The van der Waals surface area contributed by atoms with Crippen LogP contribution in [-0.2, 0) is 24.3 Å². The zero-order valence-corrected chi connectivity index (χ0v) is 18.2. The fourth-order valence-electron chi connectivity index (χ4n) is 2.81. The molecule has 0 saturated heterocycles. The van der Waals surface area contributed by atoms with E-state index in [1.807, 2.05) is 30.3 Å². The van der Waals surface area contributed by atoms with Gasteiger partial charge in [-0.05, 0) is 24.3 Å². The van der Waals surface area contributed by atoms with Crippen LogP contribution in [0.5, 0.6) is 0 Å². The Morgan fingerprint density at radius 3 is 2.48 bits per heavy atom. The number of nitrogens with one attached hydrogen (secondary N) is 1. The van der Waals surface area contributed by atoms with E-state index in [1.54, 1.807) is 30.1 Å². The molecule has 31 heavy (non-hydrogen) atoms. The molecule has 0 bridgehead atoms. The van der Waals surface area contributed by atoms with Gasteiger partial charge in [-0.15, -0.1) is 0 Å². The summed E-state index contributed by atoms with van der Waals surface area (Å²) in [5.74, 6) is -1.37. The highest BCUT2D eigenvalue weighted by molar-refractivity contribution is 8.03. The molecule has 0 saturated carbocycles. The number of fused-ring (bicyclic) bond motifs is 1. The lowest BCUT2D eigenvalue weighted by atomic mass is 10.2. The summed E-state index contributed by atoms with van der Waals surface area (Å²) in [4.78, 5) is 27.1. The highest BCUT2D eigenvalue weighted by atomic mass is 32.2. The number of esters is 1. The Labute approximate surface area is 184 Å². The van der Waals surface area contributed by atoms with Gasteiger partial charge in [-0.3, -0.25) is 9.59 Å². The first kappa shape index (κ1) is 22.6. The van der Waals surface area contributed by atoms with E-state index in [4.69, 9.17) is 4.74 Å². The van der Waals surface area contributed by atoms with Gasteiger partial charge in [0, 0.05) is 18.5 Å². The smallest absolute Gasteiger partial charge is 0.307 e. The first-order valence-corrected chi connectivity index (χ1v) is 11.5. The Kier molecular flexibility index (Phi) is 7.12. The van der Waals surface area contributed by atoms with Gasteiger partial charge in [0.1, 0.15) is 16.7 Å². The number of hydrogen-bond donors (Lipinski definition) is 1. The van der Waals surface area contributed by atoms with E-state index in [0.29, 0.717) is 5.03 Å². The third-order valence-electron chi connectivity index (χ3n) is 4.38. The average molecular weight is 458 g/mol. The van der Waals surface area contributed by atoms with E-state index < -0.39 is 28.4 Å². The number of sulfonamides is 1. The number of anilines is 1. The van der Waals surface area contributed by atoms with E-state index in [9.17, 15) is 23.3 Å². The number of hydrogen-bond acceptors (Lipinski definition) is 8. The normalized spacial score (nSPS) is 14.5. The molecule has 3 rings (SSSR count). The van der Waals surface area contributed by atoms with Gasteiger partial charge in [-0.25, -0.2) is 13.1 Å². The molecule has 0 unspecified atom stereocenters. The maximum Gasteiger partial charge on any atom is 0.307 e. The number of benzene rings is 2. The van der Waals surface area contributed by atoms with Gasteiger partial charge in [0.15, 0.2) is 6.61 Å². The minimum Gasteiger partial charge on any atom is -0.457 e. The van der Waals surface area contributed by atoms with Gasteiger partial charge in [0.05, 0.1) is 17.0 Å². The number of carbonyl (C=O) groups is 2. The molecule has 0 fully saturated rings. The van der Waals surface area contributed by atoms with Crippen molar-refractivity contribution in [3.63, 3.8) is 0 Å². The SMILES string of the molecule is CN1C(=C(C#N)C(=O)COC(=O)CCNS(=O)(=O)c2ccccc2)Sc2ccccc21. The summed E-state index contributed by atoms with van der Waals surface area (Å²) in [5.41, 5.74) is 0.784. The molecule has 0 atom stereocenters. The predicted molar refractivity (Wildman–Crippen MR) is 116 cm³/mol. The summed E-state index contributed by atoms with van der Waals surface area (Å²) in [6.07, 6.45) is -0.252. The maximum absolute atomic E-state index is 12.5. The van der Waals surface area contributed by atoms with Crippen LogP contribution < -0.4 is 9.62 Å². The van der Waals surface area contributed by atoms with Crippen molar-refractivity contribution in [3.05, 3.63) is 65.2 Å². The van der Waals surface area contributed by atoms with Gasteiger partial charge in [0.25, 0.3) is 0 Å². The van der Waals surface area contributed by atoms with Crippen molar-refractivity contribution in [3.8, 4) is 6.07 Å². The zero-order chi connectivity index (χ0) is 22.4. The van der Waals surface area contributed by atoms with Gasteiger partial charge in [-0.2, -0.15) is 5.26 Å². The number of thioether (sulfide) groups is 1. The third-order valence-corrected chi connectivity index (χ3v) is 7.09. The maximum atomic E-state index is 12.5. The van der Waals surface area contributed by atoms with Gasteiger partial charge in [0.2, 0.25) is 15.8 Å². The lowest BCUT2D eigenvalue weighted by Crippen LogP contribution is -2.27. The predicted octanol–water partition coefficient (Wildman–Crippen LogP) is 2.44. The molecule has 0 aromatic heterocycles. The second kappa shape index (κ2) is 9.78. The van der Waals surface area contributed by atoms with Crippen molar-refractivity contribution in [1.82, 2.24) is 4.72 Å². The van der Waals surface area contributed by atoms with Crippen LogP contribution in [0.15, 0.2) is 75.0 Å². The molecule has 1 heterocycles. The number of para-hydroxylation sites is 1. The van der Waals surface area contributed by atoms with Crippen molar-refractivity contribution >= 4 is 39.2 Å². The molecule has 1 N–H and O–H groups in total. The molecule has 0 spiro atoms. The first-order valence-electron chi connectivity index (χ1n) is 9.22. The monoisotopic (exact) mass is 457 g/mol. The van der Waals surface area contributed by atoms with Crippen LogP contribution in [0, 0.1) is 11.3 Å². The van der Waals surface area contributed by atoms with Crippen LogP contribution in [0.4, 0.5) is 5.69 Å². The fourth-order valence-corrected chi connectivity index (χ4v) is 5.03. The number of rotatable bonds is 8. The molecule has 10 heteroatoms. The number of nitriles is 1. The highest BCUT2D eigenvalue weighted by Crippen LogP contribution is 2.46. The summed E-state index contributed by atoms with van der Waals surface area (Å²) >= 11 is 1.30. The molecule has 1 aliphatic heterocycles. The second-order valence-electron chi connectivity index (χ2n) is 6.47. The highest BCUT2D eigenvalue weighted by Gasteiger charge is 2.28. The second-order valence-corrected chi connectivity index (χ2v) is 9.26. The molecule has 2 aromatic rings. The molecule has 0 aliphatic carbocycles. The van der Waals surface area contributed by atoms with Crippen LogP contribution in [0.25, 0.3) is 0 Å². The number of nitrogens with zero attached hydrogens (tertiary/aromatic N) is 2. The molecular formula is C21H19N3O5S2. The van der Waals surface area contributed by atoms with Gasteiger partial charge >= 0.3 is 5.97 Å².